The summed E-state index contributed by atoms with van der Waals surface area (Å²) in [5.41, 5.74) is 1.19. The number of guanidine groups is 1. The van der Waals surface area contributed by atoms with Crippen LogP contribution in [0.1, 0.15) is 57.4 Å². The highest BCUT2D eigenvalue weighted by molar-refractivity contribution is 6.05. The number of hydrogen-bond donors (Lipinski definition) is 0. The third-order valence-electron chi connectivity index (χ3n) is 5.41. The molecule has 1 aromatic rings. The molecule has 1 aliphatic heterocycles. The van der Waals surface area contributed by atoms with E-state index in [1.807, 2.05) is 23.1 Å². The monoisotopic (exact) mass is 341 g/mol. The van der Waals surface area contributed by atoms with Crippen LogP contribution in [0.4, 0.5) is 0 Å². The van der Waals surface area contributed by atoms with E-state index in [0.29, 0.717) is 12.5 Å². The number of benzene rings is 1. The average molecular weight is 341 g/mol. The van der Waals surface area contributed by atoms with Gasteiger partial charge in [-0.25, -0.2) is 4.99 Å². The molecule has 0 N–H and O–H groups in total. The van der Waals surface area contributed by atoms with E-state index in [9.17, 15) is 4.79 Å². The summed E-state index contributed by atoms with van der Waals surface area (Å²) in [6, 6.07) is 10.3. The molecule has 25 heavy (non-hydrogen) atoms. The Morgan fingerprint density at radius 2 is 1.88 bits per heavy atom. The first kappa shape index (κ1) is 18.0. The van der Waals surface area contributed by atoms with E-state index in [-0.39, 0.29) is 11.9 Å². The van der Waals surface area contributed by atoms with E-state index < -0.39 is 0 Å². The summed E-state index contributed by atoms with van der Waals surface area (Å²) in [4.78, 5) is 22.3. The molecule has 1 saturated carbocycles. The molecule has 1 atom stereocenters. The number of carbonyl (C=O) groups is 1. The fourth-order valence-electron chi connectivity index (χ4n) is 3.95. The van der Waals surface area contributed by atoms with Crippen molar-refractivity contribution in [2.24, 2.45) is 4.99 Å². The van der Waals surface area contributed by atoms with Gasteiger partial charge in [-0.15, -0.1) is 0 Å². The van der Waals surface area contributed by atoms with Gasteiger partial charge in [0.05, 0.1) is 0 Å². The summed E-state index contributed by atoms with van der Waals surface area (Å²) in [7, 11) is 2.09. The van der Waals surface area contributed by atoms with Gasteiger partial charge in [-0.1, -0.05) is 62.9 Å². The van der Waals surface area contributed by atoms with E-state index >= 15 is 0 Å². The van der Waals surface area contributed by atoms with Gasteiger partial charge in [-0.2, -0.15) is 0 Å². The predicted molar refractivity (Wildman–Crippen MR) is 103 cm³/mol. The van der Waals surface area contributed by atoms with Crippen LogP contribution >= 0.6 is 0 Å². The maximum absolute atomic E-state index is 13.2. The van der Waals surface area contributed by atoms with Crippen molar-refractivity contribution in [1.29, 1.82) is 0 Å². The Morgan fingerprint density at radius 1 is 1.16 bits per heavy atom. The SMILES string of the molecule is CCCCN(C)C1=NC(Cc2ccccc2)C(=O)N1C1CCCCC1. The van der Waals surface area contributed by atoms with Gasteiger partial charge in [-0.05, 0) is 24.8 Å². The fourth-order valence-corrected chi connectivity index (χ4v) is 3.95. The molecular formula is C21H31N3O. The second-order valence-electron chi connectivity index (χ2n) is 7.41. The van der Waals surface area contributed by atoms with Crippen molar-refractivity contribution in [3.63, 3.8) is 0 Å². The Balaban J connectivity index is 1.79. The Morgan fingerprint density at radius 3 is 2.56 bits per heavy atom. The summed E-state index contributed by atoms with van der Waals surface area (Å²) < 4.78 is 0. The topological polar surface area (TPSA) is 35.9 Å². The molecule has 1 fully saturated rings. The molecule has 1 amide bonds. The van der Waals surface area contributed by atoms with Crippen molar-refractivity contribution < 1.29 is 4.79 Å². The summed E-state index contributed by atoms with van der Waals surface area (Å²) in [6.07, 6.45) is 8.97. The molecule has 0 bridgehead atoms. The third-order valence-corrected chi connectivity index (χ3v) is 5.41. The van der Waals surface area contributed by atoms with Gasteiger partial charge in [0, 0.05) is 26.1 Å². The lowest BCUT2D eigenvalue weighted by Gasteiger charge is -2.35. The first-order valence-electron chi connectivity index (χ1n) is 9.86. The van der Waals surface area contributed by atoms with Crippen LogP contribution in [0.2, 0.25) is 0 Å². The van der Waals surface area contributed by atoms with Crippen LogP contribution in [0.15, 0.2) is 35.3 Å². The Hall–Kier alpha value is -1.84. The Labute approximate surface area is 151 Å². The van der Waals surface area contributed by atoms with Crippen LogP contribution in [0.3, 0.4) is 0 Å². The molecule has 4 nitrogen and oxygen atoms in total. The number of rotatable bonds is 6. The Kier molecular flexibility index (Phi) is 6.11. The van der Waals surface area contributed by atoms with Crippen LogP contribution in [0.25, 0.3) is 0 Å². The van der Waals surface area contributed by atoms with Crippen LogP contribution < -0.4 is 0 Å². The van der Waals surface area contributed by atoms with Crippen LogP contribution in [-0.2, 0) is 11.2 Å². The number of amides is 1. The molecule has 4 heteroatoms. The minimum absolute atomic E-state index is 0.203. The lowest BCUT2D eigenvalue weighted by Crippen LogP contribution is -2.49. The highest BCUT2D eigenvalue weighted by atomic mass is 16.2. The predicted octanol–water partition coefficient (Wildman–Crippen LogP) is 3.86. The third kappa shape index (κ3) is 4.23. The maximum atomic E-state index is 13.2. The minimum atomic E-state index is -0.261. The molecule has 1 heterocycles. The van der Waals surface area contributed by atoms with Crippen molar-refractivity contribution in [2.45, 2.75) is 70.4 Å². The molecule has 1 aliphatic carbocycles. The number of carbonyl (C=O) groups excluding carboxylic acids is 1. The van der Waals surface area contributed by atoms with Gasteiger partial charge in [0.25, 0.3) is 5.91 Å². The summed E-state index contributed by atoms with van der Waals surface area (Å²) >= 11 is 0. The van der Waals surface area contributed by atoms with E-state index in [1.165, 1.54) is 24.8 Å². The quantitative estimate of drug-likeness (QED) is 0.788. The lowest BCUT2D eigenvalue weighted by atomic mass is 9.94. The highest BCUT2D eigenvalue weighted by Crippen LogP contribution is 2.28. The average Bonchev–Trinajstić information content (AvgIpc) is 2.98. The molecule has 0 aromatic heterocycles. The molecule has 0 saturated heterocycles. The number of unbranched alkanes of at least 4 members (excludes halogenated alkanes) is 1. The zero-order valence-corrected chi connectivity index (χ0v) is 15.7. The fraction of sp³-hybridized carbons (Fsp3) is 0.619. The van der Waals surface area contributed by atoms with Gasteiger partial charge >= 0.3 is 0 Å². The zero-order chi connectivity index (χ0) is 17.6. The summed E-state index contributed by atoms with van der Waals surface area (Å²) in [6.45, 7) is 3.16. The van der Waals surface area contributed by atoms with Crippen LogP contribution in [0, 0.1) is 0 Å². The first-order valence-corrected chi connectivity index (χ1v) is 9.86. The van der Waals surface area contributed by atoms with Gasteiger partial charge in [-0.3, -0.25) is 9.69 Å². The Bertz CT molecular complexity index is 592. The summed E-state index contributed by atoms with van der Waals surface area (Å²) in [5.74, 6) is 1.11. The smallest absolute Gasteiger partial charge is 0.254 e. The molecule has 0 radical (unpaired) electrons. The molecule has 0 spiro atoms. The van der Waals surface area contributed by atoms with E-state index in [2.05, 4.69) is 31.0 Å². The van der Waals surface area contributed by atoms with E-state index in [1.54, 1.807) is 0 Å². The summed E-state index contributed by atoms with van der Waals surface area (Å²) in [5, 5.41) is 0. The van der Waals surface area contributed by atoms with E-state index in [0.717, 1.165) is 38.2 Å². The van der Waals surface area contributed by atoms with Crippen molar-refractivity contribution in [3.05, 3.63) is 35.9 Å². The van der Waals surface area contributed by atoms with Crippen molar-refractivity contribution in [1.82, 2.24) is 9.80 Å². The van der Waals surface area contributed by atoms with Crippen molar-refractivity contribution in [2.75, 3.05) is 13.6 Å². The van der Waals surface area contributed by atoms with Gasteiger partial charge in [0.15, 0.2) is 0 Å². The van der Waals surface area contributed by atoms with Crippen molar-refractivity contribution in [3.8, 4) is 0 Å². The molecule has 2 aliphatic rings. The lowest BCUT2D eigenvalue weighted by molar-refractivity contribution is -0.129. The molecule has 136 valence electrons. The van der Waals surface area contributed by atoms with Gasteiger partial charge in [0.2, 0.25) is 5.96 Å². The normalized spacial score (nSPS) is 21.5. The largest absolute Gasteiger partial charge is 0.346 e. The number of aliphatic imine (C=N–C) groups is 1. The molecule has 1 aromatic carbocycles. The van der Waals surface area contributed by atoms with Crippen LogP contribution in [-0.4, -0.2) is 47.3 Å². The second-order valence-corrected chi connectivity index (χ2v) is 7.41. The zero-order valence-electron chi connectivity index (χ0n) is 15.7. The number of hydrogen-bond acceptors (Lipinski definition) is 3. The van der Waals surface area contributed by atoms with Gasteiger partial charge < -0.3 is 4.90 Å². The minimum Gasteiger partial charge on any atom is -0.346 e. The highest BCUT2D eigenvalue weighted by Gasteiger charge is 2.40. The second kappa shape index (κ2) is 8.50. The molecule has 3 rings (SSSR count). The maximum Gasteiger partial charge on any atom is 0.254 e. The molecular weight excluding hydrogens is 310 g/mol. The molecule has 1 unspecified atom stereocenters. The van der Waals surface area contributed by atoms with Crippen molar-refractivity contribution >= 4 is 11.9 Å². The van der Waals surface area contributed by atoms with Gasteiger partial charge in [0.1, 0.15) is 6.04 Å². The number of nitrogens with zero attached hydrogens (tertiary/aromatic N) is 3. The standard InChI is InChI=1S/C21H31N3O/c1-3-4-15-23(2)21-22-19(16-17-11-7-5-8-12-17)20(25)24(21)18-13-9-6-10-14-18/h5,7-8,11-12,18-19H,3-4,6,9-10,13-16H2,1-2H3. The first-order chi connectivity index (χ1) is 12.2. The van der Waals surface area contributed by atoms with E-state index in [4.69, 9.17) is 4.99 Å². The van der Waals surface area contributed by atoms with Crippen LogP contribution in [0.5, 0.6) is 0 Å².